The van der Waals surface area contributed by atoms with Gasteiger partial charge in [-0.1, -0.05) is 11.6 Å². The van der Waals surface area contributed by atoms with Crippen LogP contribution in [-0.4, -0.2) is 40.8 Å². The first-order chi connectivity index (χ1) is 12.5. The zero-order chi connectivity index (χ0) is 18.5. The quantitative estimate of drug-likeness (QED) is 0.625. The van der Waals surface area contributed by atoms with Crippen molar-refractivity contribution in [3.05, 3.63) is 22.6 Å². The van der Waals surface area contributed by atoms with Gasteiger partial charge >= 0.3 is 0 Å². The summed E-state index contributed by atoms with van der Waals surface area (Å²) in [6.45, 7) is 2.92. The molecule has 1 aromatic rings. The number of ketones is 1. The maximum Gasteiger partial charge on any atom is 0.232 e. The molecule has 140 valence electrons. The molecule has 0 unspecified atom stereocenters. The van der Waals surface area contributed by atoms with Gasteiger partial charge < -0.3 is 20.7 Å². The molecule has 0 atom stereocenters. The van der Waals surface area contributed by atoms with Gasteiger partial charge in [-0.2, -0.15) is 4.98 Å². The summed E-state index contributed by atoms with van der Waals surface area (Å²) in [4.78, 5) is 20.0. The lowest BCUT2D eigenvalue weighted by Gasteiger charge is -2.25. The van der Waals surface area contributed by atoms with E-state index in [1.54, 1.807) is 0 Å². The second-order valence-corrected chi connectivity index (χ2v) is 6.84. The molecule has 4 N–H and O–H groups in total. The van der Waals surface area contributed by atoms with E-state index in [2.05, 4.69) is 25.9 Å². The summed E-state index contributed by atoms with van der Waals surface area (Å²) in [7, 11) is 0. The van der Waals surface area contributed by atoms with E-state index in [1.165, 1.54) is 6.20 Å². The van der Waals surface area contributed by atoms with Crippen LogP contribution in [0.15, 0.2) is 17.6 Å². The average Bonchev–Trinajstić information content (AvgIpc) is 2.65. The fraction of sp³-hybridized carbons (Fsp3) is 0.529. The summed E-state index contributed by atoms with van der Waals surface area (Å²) in [5.41, 5.74) is 1.25. The summed E-state index contributed by atoms with van der Waals surface area (Å²) < 4.78 is 5.56. The van der Waals surface area contributed by atoms with Crippen molar-refractivity contribution in [2.24, 2.45) is 0 Å². The Morgan fingerprint density at radius 3 is 2.96 bits per heavy atom. The monoisotopic (exact) mass is 378 g/mol. The number of carbonyl (C=O) groups is 1. The van der Waals surface area contributed by atoms with Gasteiger partial charge in [0.2, 0.25) is 11.8 Å². The van der Waals surface area contributed by atoms with Crippen molar-refractivity contribution in [1.82, 2.24) is 15.3 Å². The van der Waals surface area contributed by atoms with Crippen molar-refractivity contribution in [3.63, 3.8) is 0 Å². The Kier molecular flexibility index (Phi) is 5.92. The van der Waals surface area contributed by atoms with Crippen LogP contribution in [-0.2, 0) is 9.53 Å². The van der Waals surface area contributed by atoms with Crippen molar-refractivity contribution < 1.29 is 9.53 Å². The molecule has 9 heteroatoms. The van der Waals surface area contributed by atoms with E-state index < -0.39 is 0 Å². The van der Waals surface area contributed by atoms with E-state index in [-0.39, 0.29) is 11.9 Å². The van der Waals surface area contributed by atoms with E-state index in [0.717, 1.165) is 18.5 Å². The Morgan fingerprint density at radius 1 is 1.42 bits per heavy atom. The Hall–Kier alpha value is -2.35. The molecule has 0 amide bonds. The normalized spacial score (nSPS) is 21.0. The van der Waals surface area contributed by atoms with Crippen LogP contribution in [0.1, 0.15) is 39.0 Å². The first kappa shape index (κ1) is 18.4. The van der Waals surface area contributed by atoms with Crippen LogP contribution < -0.4 is 16.0 Å². The van der Waals surface area contributed by atoms with Crippen molar-refractivity contribution in [2.45, 2.75) is 45.1 Å². The number of fused-ring (bicyclic) bond motifs is 2. The van der Waals surface area contributed by atoms with Gasteiger partial charge in [0.15, 0.2) is 5.82 Å². The smallest absolute Gasteiger partial charge is 0.232 e. The minimum Gasteiger partial charge on any atom is -0.476 e. The minimum absolute atomic E-state index is 0.0314. The molecule has 2 bridgehead atoms. The summed E-state index contributed by atoms with van der Waals surface area (Å²) in [5, 5.41) is 18.3. The Balaban J connectivity index is 1.83. The molecule has 0 spiro atoms. The molecule has 0 saturated heterocycles. The second kappa shape index (κ2) is 8.35. The molecular weight excluding hydrogens is 356 g/mol. The number of carbonyl (C=O) groups excluding carboxylic acids is 1. The summed E-state index contributed by atoms with van der Waals surface area (Å²) in [6.07, 6.45) is 5.01. The summed E-state index contributed by atoms with van der Waals surface area (Å²) in [6, 6.07) is 0.205. The highest BCUT2D eigenvalue weighted by Gasteiger charge is 2.21. The third-order valence-electron chi connectivity index (χ3n) is 4.41. The lowest BCUT2D eigenvalue weighted by Crippen LogP contribution is -2.34. The fourth-order valence-electron chi connectivity index (χ4n) is 2.97. The van der Waals surface area contributed by atoms with E-state index in [0.29, 0.717) is 60.7 Å². The first-order valence-corrected chi connectivity index (χ1v) is 9.15. The van der Waals surface area contributed by atoms with E-state index in [4.69, 9.17) is 21.7 Å². The van der Waals surface area contributed by atoms with Crippen LogP contribution in [0.25, 0.3) is 0 Å². The molecule has 1 aliphatic heterocycles. The number of halogens is 1. The number of nitrogens with one attached hydrogen (secondary N) is 4. The van der Waals surface area contributed by atoms with Crippen molar-refractivity contribution in [3.8, 4) is 0 Å². The molecule has 8 nitrogen and oxygen atoms in total. The molecule has 2 heterocycles. The number of aromatic nitrogens is 2. The lowest BCUT2D eigenvalue weighted by atomic mass is 9.94. The Labute approximate surface area is 157 Å². The number of allylic oxidation sites excluding steroid dienone is 1. The molecule has 1 aromatic heterocycles. The van der Waals surface area contributed by atoms with E-state index in [9.17, 15) is 4.79 Å². The van der Waals surface area contributed by atoms with Crippen LogP contribution >= 0.6 is 11.6 Å². The topological polar surface area (TPSA) is 112 Å². The van der Waals surface area contributed by atoms with Crippen molar-refractivity contribution >= 4 is 35.0 Å². The Morgan fingerprint density at radius 2 is 2.19 bits per heavy atom. The van der Waals surface area contributed by atoms with Gasteiger partial charge in [-0.05, 0) is 26.2 Å². The van der Waals surface area contributed by atoms with Gasteiger partial charge in [0, 0.05) is 31.1 Å². The second-order valence-electron chi connectivity index (χ2n) is 6.43. The highest BCUT2D eigenvalue weighted by atomic mass is 35.5. The molecule has 1 saturated carbocycles. The minimum atomic E-state index is 0.0314. The third-order valence-corrected chi connectivity index (χ3v) is 4.68. The van der Waals surface area contributed by atoms with Gasteiger partial charge in [-0.25, -0.2) is 4.98 Å². The molecule has 2 aliphatic rings. The number of hydrogen-bond donors (Lipinski definition) is 4. The standard InChI is InChI=1S/C17H23ClN6O2/c1-10(22-11-3-5-12(25)6-4-11)14-15(19)26-8-2-7-20-16-13(18)9-21-17(23-14)24-16/h9,11,19,22H,2-8H2,1H3,(H2,20,21,23,24)/b14-10+,19-15?. The average molecular weight is 379 g/mol. The number of nitrogens with zero attached hydrogens (tertiary/aromatic N) is 2. The van der Waals surface area contributed by atoms with E-state index >= 15 is 0 Å². The maximum atomic E-state index is 11.4. The maximum absolute atomic E-state index is 11.4. The molecular formula is C17H23ClN6O2. The highest BCUT2D eigenvalue weighted by molar-refractivity contribution is 6.32. The predicted octanol–water partition coefficient (Wildman–Crippen LogP) is 2.68. The van der Waals surface area contributed by atoms with Gasteiger partial charge in [-0.15, -0.1) is 0 Å². The van der Waals surface area contributed by atoms with Gasteiger partial charge in [-0.3, -0.25) is 10.2 Å². The third kappa shape index (κ3) is 4.63. The van der Waals surface area contributed by atoms with Crippen LogP contribution in [0, 0.1) is 5.41 Å². The Bertz CT molecular complexity index is 726. The zero-order valence-electron chi connectivity index (χ0n) is 14.7. The van der Waals surface area contributed by atoms with Crippen molar-refractivity contribution in [1.29, 1.82) is 5.41 Å². The molecule has 1 fully saturated rings. The van der Waals surface area contributed by atoms with Gasteiger partial charge in [0.25, 0.3) is 0 Å². The van der Waals surface area contributed by atoms with Gasteiger partial charge in [0.05, 0.1) is 12.8 Å². The number of rotatable bonds is 2. The molecule has 0 radical (unpaired) electrons. The SMILES string of the molecule is C/C(NC1CCC(=O)CC1)=C1\Nc2ncc(Cl)c(n2)NCCCOC1=N. The van der Waals surface area contributed by atoms with E-state index in [1.807, 2.05) is 6.92 Å². The number of anilines is 2. The van der Waals surface area contributed by atoms with Crippen LogP contribution in [0.5, 0.6) is 0 Å². The predicted molar refractivity (Wildman–Crippen MR) is 101 cm³/mol. The fourth-order valence-corrected chi connectivity index (χ4v) is 3.13. The zero-order valence-corrected chi connectivity index (χ0v) is 15.4. The molecule has 1 aliphatic carbocycles. The number of ether oxygens (including phenoxy) is 1. The summed E-state index contributed by atoms with van der Waals surface area (Å²) in [5.74, 6) is 1.23. The van der Waals surface area contributed by atoms with Crippen molar-refractivity contribution in [2.75, 3.05) is 23.8 Å². The number of hydrogen-bond acceptors (Lipinski definition) is 8. The molecule has 0 aromatic carbocycles. The van der Waals surface area contributed by atoms with Gasteiger partial charge in [0.1, 0.15) is 16.5 Å². The number of Topliss-reactive ketones (excluding diaryl/α,β-unsaturated/α-hetero) is 1. The lowest BCUT2D eigenvalue weighted by molar-refractivity contribution is -0.120. The first-order valence-electron chi connectivity index (χ1n) is 8.77. The molecule has 26 heavy (non-hydrogen) atoms. The highest BCUT2D eigenvalue weighted by Crippen LogP contribution is 2.22. The largest absolute Gasteiger partial charge is 0.476 e. The van der Waals surface area contributed by atoms with Crippen LogP contribution in [0.4, 0.5) is 11.8 Å². The summed E-state index contributed by atoms with van der Waals surface area (Å²) >= 11 is 6.12. The molecule has 3 rings (SSSR count). The van der Waals surface area contributed by atoms with Crippen LogP contribution in [0.3, 0.4) is 0 Å². The van der Waals surface area contributed by atoms with Crippen LogP contribution in [0.2, 0.25) is 5.02 Å².